The first-order valence-corrected chi connectivity index (χ1v) is 12.5. The summed E-state index contributed by atoms with van der Waals surface area (Å²) in [5, 5.41) is 3.19. The minimum absolute atomic E-state index is 0.213. The van der Waals surface area contributed by atoms with Gasteiger partial charge in [0, 0.05) is 42.1 Å². The molecule has 174 valence electrons. The van der Waals surface area contributed by atoms with Crippen LogP contribution in [0.15, 0.2) is 0 Å². The molecule has 0 aromatic carbocycles. The molecule has 1 heterocycles. The molecule has 3 rings (SSSR count). The molecular formula is C26H47NO3. The molecular weight excluding hydrogens is 374 g/mol. The lowest BCUT2D eigenvalue weighted by molar-refractivity contribution is -0.128. The molecule has 4 heteroatoms. The van der Waals surface area contributed by atoms with Crippen LogP contribution in [0.25, 0.3) is 0 Å². The van der Waals surface area contributed by atoms with Crippen molar-refractivity contribution >= 4 is 17.3 Å². The van der Waals surface area contributed by atoms with Crippen LogP contribution < -0.4 is 5.32 Å². The zero-order valence-corrected chi connectivity index (χ0v) is 20.5. The summed E-state index contributed by atoms with van der Waals surface area (Å²) in [5.74, 6) is 3.25. The molecule has 0 spiro atoms. The van der Waals surface area contributed by atoms with Gasteiger partial charge in [0.2, 0.25) is 0 Å². The number of rotatable bonds is 6. The molecule has 0 aromatic rings. The van der Waals surface area contributed by atoms with Gasteiger partial charge in [-0.05, 0) is 38.6 Å². The van der Waals surface area contributed by atoms with E-state index >= 15 is 0 Å². The fraction of sp³-hybridized carbons (Fsp3) is 0.885. The maximum absolute atomic E-state index is 11.5. The zero-order chi connectivity index (χ0) is 22.7. The van der Waals surface area contributed by atoms with Crippen molar-refractivity contribution < 1.29 is 14.4 Å². The van der Waals surface area contributed by atoms with E-state index in [9.17, 15) is 14.4 Å². The normalized spacial score (nSPS) is 22.1. The third kappa shape index (κ3) is 9.41. The van der Waals surface area contributed by atoms with Crippen LogP contribution >= 0.6 is 0 Å². The maximum Gasteiger partial charge on any atom is 0.139 e. The van der Waals surface area contributed by atoms with Gasteiger partial charge in [-0.15, -0.1) is 0 Å². The molecule has 2 aliphatic carbocycles. The van der Waals surface area contributed by atoms with Crippen molar-refractivity contribution in [3.05, 3.63) is 0 Å². The molecule has 30 heavy (non-hydrogen) atoms. The van der Waals surface area contributed by atoms with Crippen LogP contribution in [0, 0.1) is 35.5 Å². The Morgan fingerprint density at radius 2 is 0.967 bits per heavy atom. The molecule has 2 saturated carbocycles. The molecule has 0 radical (unpaired) electrons. The lowest BCUT2D eigenvalue weighted by Crippen LogP contribution is -2.25. The Balaban J connectivity index is 0.000000226. The molecule has 4 nitrogen and oxygen atoms in total. The van der Waals surface area contributed by atoms with Gasteiger partial charge in [-0.1, -0.05) is 67.2 Å². The number of carbonyl (C=O) groups is 3. The smallest absolute Gasteiger partial charge is 0.139 e. The highest BCUT2D eigenvalue weighted by Gasteiger charge is 2.26. The summed E-state index contributed by atoms with van der Waals surface area (Å²) in [6, 6.07) is 0. The van der Waals surface area contributed by atoms with Gasteiger partial charge in [-0.2, -0.15) is 0 Å². The van der Waals surface area contributed by atoms with Gasteiger partial charge >= 0.3 is 0 Å². The van der Waals surface area contributed by atoms with Gasteiger partial charge in [-0.3, -0.25) is 14.4 Å². The highest BCUT2D eigenvalue weighted by molar-refractivity contribution is 5.84. The number of hydrogen-bond donors (Lipinski definition) is 1. The number of hydrogen-bond acceptors (Lipinski definition) is 4. The Morgan fingerprint density at radius 3 is 1.27 bits per heavy atom. The molecule has 1 aliphatic heterocycles. The summed E-state index contributed by atoms with van der Waals surface area (Å²) in [5.41, 5.74) is 0. The van der Waals surface area contributed by atoms with E-state index in [-0.39, 0.29) is 17.8 Å². The van der Waals surface area contributed by atoms with E-state index in [4.69, 9.17) is 0 Å². The van der Waals surface area contributed by atoms with Crippen LogP contribution in [0.1, 0.15) is 99.3 Å². The van der Waals surface area contributed by atoms with E-state index in [0.29, 0.717) is 35.1 Å². The topological polar surface area (TPSA) is 63.2 Å². The summed E-state index contributed by atoms with van der Waals surface area (Å²) >= 11 is 0. The van der Waals surface area contributed by atoms with Crippen molar-refractivity contribution in [3.63, 3.8) is 0 Å². The summed E-state index contributed by atoms with van der Waals surface area (Å²) in [4.78, 5) is 33.9. The fourth-order valence-electron chi connectivity index (χ4n) is 4.39. The predicted molar refractivity (Wildman–Crippen MR) is 124 cm³/mol. The quantitative estimate of drug-likeness (QED) is 0.604. The van der Waals surface area contributed by atoms with Crippen molar-refractivity contribution in [2.75, 3.05) is 13.1 Å². The van der Waals surface area contributed by atoms with Crippen molar-refractivity contribution in [1.82, 2.24) is 5.32 Å². The number of carbonyl (C=O) groups excluding carboxylic acids is 3. The Labute approximate surface area is 185 Å². The average Bonchev–Trinajstić information content (AvgIpc) is 3.21. The van der Waals surface area contributed by atoms with Crippen molar-refractivity contribution in [3.8, 4) is 0 Å². The van der Waals surface area contributed by atoms with Crippen LogP contribution in [0.2, 0.25) is 0 Å². The molecule has 1 unspecified atom stereocenters. The Bertz CT molecular complexity index is 522. The molecule has 3 aliphatic rings. The van der Waals surface area contributed by atoms with E-state index in [1.54, 1.807) is 0 Å². The Kier molecular flexibility index (Phi) is 12.7. The lowest BCUT2D eigenvalue weighted by atomic mass is 9.79. The third-order valence-corrected chi connectivity index (χ3v) is 6.68. The van der Waals surface area contributed by atoms with Crippen LogP contribution in [0.3, 0.4) is 0 Å². The van der Waals surface area contributed by atoms with Gasteiger partial charge in [-0.25, -0.2) is 0 Å². The van der Waals surface area contributed by atoms with E-state index in [1.165, 1.54) is 25.7 Å². The molecule has 0 aromatic heterocycles. The standard InChI is InChI=1S/C10H18O.C8H15NO.C8H14O/c1-8(2)10(11)9-6-4-3-5-7-9;1-6(2)8(10)7-3-4-9-5-7;1-6(2)8(9)7-4-3-5-7/h8-9H,3-7H2,1-2H3;6-7,9H,3-5H2,1-2H3;6-7H,3-5H2,1-2H3. The second-order valence-corrected chi connectivity index (χ2v) is 10.3. The van der Waals surface area contributed by atoms with Gasteiger partial charge in [0.15, 0.2) is 0 Å². The summed E-state index contributed by atoms with van der Waals surface area (Å²) in [6.07, 6.45) is 10.8. The van der Waals surface area contributed by atoms with Crippen LogP contribution in [0.5, 0.6) is 0 Å². The van der Waals surface area contributed by atoms with E-state index < -0.39 is 0 Å². The van der Waals surface area contributed by atoms with Crippen molar-refractivity contribution in [1.29, 1.82) is 0 Å². The number of nitrogens with one attached hydrogen (secondary N) is 1. The SMILES string of the molecule is CC(C)C(=O)C1CCC1.CC(C)C(=O)C1CCCCC1.CC(C)C(=O)C1CCNC1. The van der Waals surface area contributed by atoms with E-state index in [2.05, 4.69) is 5.32 Å². The predicted octanol–water partition coefficient (Wildman–Crippen LogP) is 5.62. The minimum atomic E-state index is 0.213. The fourth-order valence-corrected chi connectivity index (χ4v) is 4.39. The summed E-state index contributed by atoms with van der Waals surface area (Å²) in [7, 11) is 0. The van der Waals surface area contributed by atoms with Crippen molar-refractivity contribution in [2.24, 2.45) is 35.5 Å². The first-order valence-electron chi connectivity index (χ1n) is 12.5. The first-order chi connectivity index (χ1) is 14.1. The molecule has 1 atom stereocenters. The summed E-state index contributed by atoms with van der Waals surface area (Å²) in [6.45, 7) is 13.9. The monoisotopic (exact) mass is 421 g/mol. The van der Waals surface area contributed by atoms with Gasteiger partial charge in [0.1, 0.15) is 17.3 Å². The molecule has 0 bridgehead atoms. The first kappa shape index (κ1) is 27.0. The zero-order valence-electron chi connectivity index (χ0n) is 20.5. The molecule has 3 fully saturated rings. The molecule has 1 saturated heterocycles. The average molecular weight is 422 g/mol. The number of ketones is 3. The highest BCUT2D eigenvalue weighted by atomic mass is 16.1. The van der Waals surface area contributed by atoms with Crippen LogP contribution in [0.4, 0.5) is 0 Å². The second-order valence-electron chi connectivity index (χ2n) is 10.3. The third-order valence-electron chi connectivity index (χ3n) is 6.68. The highest BCUT2D eigenvalue weighted by Crippen LogP contribution is 2.29. The molecule has 1 N–H and O–H groups in total. The van der Waals surface area contributed by atoms with Crippen LogP contribution in [-0.4, -0.2) is 30.4 Å². The minimum Gasteiger partial charge on any atom is -0.316 e. The van der Waals surface area contributed by atoms with Gasteiger partial charge < -0.3 is 5.32 Å². The number of Topliss-reactive ketones (excluding diaryl/α,β-unsaturated/α-hetero) is 3. The lowest BCUT2D eigenvalue weighted by Gasteiger charge is -2.25. The molecule has 0 amide bonds. The Hall–Kier alpha value is -1.03. The largest absolute Gasteiger partial charge is 0.316 e. The van der Waals surface area contributed by atoms with Gasteiger partial charge in [0.25, 0.3) is 0 Å². The van der Waals surface area contributed by atoms with E-state index in [1.807, 2.05) is 41.5 Å². The van der Waals surface area contributed by atoms with Crippen LogP contribution in [-0.2, 0) is 14.4 Å². The second kappa shape index (κ2) is 14.1. The maximum atomic E-state index is 11.5. The van der Waals surface area contributed by atoms with Crippen molar-refractivity contribution in [2.45, 2.75) is 99.3 Å². The van der Waals surface area contributed by atoms with E-state index in [0.717, 1.165) is 45.2 Å². The summed E-state index contributed by atoms with van der Waals surface area (Å²) < 4.78 is 0. The van der Waals surface area contributed by atoms with Gasteiger partial charge in [0.05, 0.1) is 0 Å². The Morgan fingerprint density at radius 1 is 0.567 bits per heavy atom.